The number of thioether (sulfide) groups is 1. The highest BCUT2D eigenvalue weighted by atomic mass is 32.2. The highest BCUT2D eigenvalue weighted by molar-refractivity contribution is 7.98. The number of aryl methyl sites for hydroxylation is 2. The molecule has 2 aromatic rings. The molecule has 2 aromatic heterocycles. The quantitative estimate of drug-likeness (QED) is 0.736. The normalized spacial score (nSPS) is 18.1. The van der Waals surface area contributed by atoms with Crippen LogP contribution in [0.1, 0.15) is 41.7 Å². The Hall–Kier alpha value is -1.41. The van der Waals surface area contributed by atoms with E-state index >= 15 is 0 Å². The number of rotatable bonds is 6. The van der Waals surface area contributed by atoms with E-state index in [2.05, 4.69) is 20.6 Å². The number of likely N-dealkylation sites (tertiary alicyclic amines) is 1. The maximum absolute atomic E-state index is 12.5. The van der Waals surface area contributed by atoms with Crippen LogP contribution in [0.4, 0.5) is 0 Å². The average molecular weight is 366 g/mol. The summed E-state index contributed by atoms with van der Waals surface area (Å²) < 4.78 is 1.96. The largest absolute Gasteiger partial charge is 0.342 e. The predicted molar refractivity (Wildman–Crippen MR) is 97.2 cm³/mol. The maximum atomic E-state index is 12.5. The number of carbonyl (C=O) groups is 1. The van der Waals surface area contributed by atoms with Crippen molar-refractivity contribution in [2.45, 2.75) is 37.9 Å². The Labute approximate surface area is 150 Å². The SMILES string of the molecule is Cc1nc(CSCCC(=O)N2CCC[C@H](c3nncn3C)C2)cs1. The van der Waals surface area contributed by atoms with E-state index in [4.69, 9.17) is 0 Å². The van der Waals surface area contributed by atoms with Crippen molar-refractivity contribution in [1.82, 2.24) is 24.6 Å². The summed E-state index contributed by atoms with van der Waals surface area (Å²) in [5.41, 5.74) is 1.12. The van der Waals surface area contributed by atoms with Crippen molar-refractivity contribution in [2.75, 3.05) is 18.8 Å². The molecule has 1 aliphatic heterocycles. The van der Waals surface area contributed by atoms with Crippen molar-refractivity contribution < 1.29 is 4.79 Å². The Morgan fingerprint density at radius 2 is 2.38 bits per heavy atom. The minimum absolute atomic E-state index is 0.254. The van der Waals surface area contributed by atoms with E-state index in [0.29, 0.717) is 12.3 Å². The minimum atomic E-state index is 0.254. The molecule has 0 spiro atoms. The number of amides is 1. The second-order valence-electron chi connectivity index (χ2n) is 6.14. The summed E-state index contributed by atoms with van der Waals surface area (Å²) in [5, 5.41) is 11.4. The van der Waals surface area contributed by atoms with Crippen LogP contribution in [0.15, 0.2) is 11.7 Å². The fourth-order valence-corrected chi connectivity index (χ4v) is 4.58. The highest BCUT2D eigenvalue weighted by Gasteiger charge is 2.27. The number of hydrogen-bond acceptors (Lipinski definition) is 6. The van der Waals surface area contributed by atoms with Crippen molar-refractivity contribution in [1.29, 1.82) is 0 Å². The third-order valence-corrected chi connectivity index (χ3v) is 6.08. The molecule has 3 heterocycles. The zero-order valence-electron chi connectivity index (χ0n) is 14.1. The zero-order valence-corrected chi connectivity index (χ0v) is 15.8. The van der Waals surface area contributed by atoms with E-state index in [1.54, 1.807) is 29.4 Å². The van der Waals surface area contributed by atoms with Crippen LogP contribution in [-0.2, 0) is 17.6 Å². The van der Waals surface area contributed by atoms with Gasteiger partial charge in [0.15, 0.2) is 0 Å². The third-order valence-electron chi connectivity index (χ3n) is 4.26. The Balaban J connectivity index is 1.43. The molecule has 0 bridgehead atoms. The Morgan fingerprint density at radius 1 is 1.50 bits per heavy atom. The Morgan fingerprint density at radius 3 is 3.08 bits per heavy atom. The van der Waals surface area contributed by atoms with Gasteiger partial charge in [-0.1, -0.05) is 0 Å². The molecule has 1 saturated heterocycles. The molecule has 8 heteroatoms. The molecule has 0 aliphatic carbocycles. The lowest BCUT2D eigenvalue weighted by molar-refractivity contribution is -0.132. The molecule has 1 amide bonds. The Bertz CT molecular complexity index is 684. The van der Waals surface area contributed by atoms with Gasteiger partial charge in [-0.25, -0.2) is 4.98 Å². The van der Waals surface area contributed by atoms with Crippen LogP contribution in [0, 0.1) is 6.92 Å². The van der Waals surface area contributed by atoms with E-state index in [-0.39, 0.29) is 5.91 Å². The number of hydrogen-bond donors (Lipinski definition) is 0. The monoisotopic (exact) mass is 365 g/mol. The van der Waals surface area contributed by atoms with Gasteiger partial charge in [-0.3, -0.25) is 4.79 Å². The van der Waals surface area contributed by atoms with Gasteiger partial charge in [-0.2, -0.15) is 11.8 Å². The molecule has 130 valence electrons. The van der Waals surface area contributed by atoms with E-state index in [1.807, 2.05) is 23.4 Å². The molecule has 0 saturated carbocycles. The molecule has 1 fully saturated rings. The molecule has 3 rings (SSSR count). The standard InChI is InChI=1S/C16H23N5OS2/c1-12-18-14(10-24-12)9-23-7-5-15(22)21-6-3-4-13(8-21)16-19-17-11-20(16)2/h10-11,13H,3-9H2,1-2H3/t13-/m0/s1. The van der Waals surface area contributed by atoms with Crippen LogP contribution in [0.2, 0.25) is 0 Å². The molecule has 0 aromatic carbocycles. The van der Waals surface area contributed by atoms with Gasteiger partial charge in [0, 0.05) is 49.4 Å². The molecule has 24 heavy (non-hydrogen) atoms. The fourth-order valence-electron chi connectivity index (χ4n) is 3.05. The van der Waals surface area contributed by atoms with Gasteiger partial charge in [-0.15, -0.1) is 21.5 Å². The van der Waals surface area contributed by atoms with E-state index < -0.39 is 0 Å². The first-order valence-electron chi connectivity index (χ1n) is 8.24. The zero-order chi connectivity index (χ0) is 16.9. The summed E-state index contributed by atoms with van der Waals surface area (Å²) in [6.45, 7) is 3.65. The molecule has 1 atom stereocenters. The molecule has 6 nitrogen and oxygen atoms in total. The molecular formula is C16H23N5OS2. The van der Waals surface area contributed by atoms with Gasteiger partial charge < -0.3 is 9.47 Å². The second-order valence-corrected chi connectivity index (χ2v) is 8.31. The summed E-state index contributed by atoms with van der Waals surface area (Å²) >= 11 is 3.46. The van der Waals surface area contributed by atoms with Crippen LogP contribution < -0.4 is 0 Å². The lowest BCUT2D eigenvalue weighted by atomic mass is 9.97. The number of carbonyl (C=O) groups excluding carboxylic acids is 1. The molecular weight excluding hydrogens is 342 g/mol. The van der Waals surface area contributed by atoms with E-state index in [1.165, 1.54) is 0 Å². The van der Waals surface area contributed by atoms with Crippen molar-refractivity contribution in [2.24, 2.45) is 7.05 Å². The number of aromatic nitrogens is 4. The average Bonchev–Trinajstić information content (AvgIpc) is 3.20. The van der Waals surface area contributed by atoms with Crippen molar-refractivity contribution in [3.63, 3.8) is 0 Å². The Kier molecular flexibility index (Phi) is 5.89. The van der Waals surface area contributed by atoms with Crippen LogP contribution in [0.3, 0.4) is 0 Å². The summed E-state index contributed by atoms with van der Waals surface area (Å²) in [7, 11) is 1.97. The van der Waals surface area contributed by atoms with Crippen LogP contribution in [-0.4, -0.2) is 49.4 Å². The lowest BCUT2D eigenvalue weighted by Crippen LogP contribution is -2.39. The first-order chi connectivity index (χ1) is 11.6. The van der Waals surface area contributed by atoms with Gasteiger partial charge in [0.1, 0.15) is 12.2 Å². The molecule has 0 N–H and O–H groups in total. The predicted octanol–water partition coefficient (Wildman–Crippen LogP) is 2.61. The van der Waals surface area contributed by atoms with Crippen molar-refractivity contribution >= 4 is 29.0 Å². The van der Waals surface area contributed by atoms with E-state index in [9.17, 15) is 4.79 Å². The second kappa shape index (κ2) is 8.11. The highest BCUT2D eigenvalue weighted by Crippen LogP contribution is 2.25. The summed E-state index contributed by atoms with van der Waals surface area (Å²) in [5.74, 6) is 3.28. The summed E-state index contributed by atoms with van der Waals surface area (Å²) in [4.78, 5) is 18.9. The van der Waals surface area contributed by atoms with Gasteiger partial charge >= 0.3 is 0 Å². The maximum Gasteiger partial charge on any atom is 0.223 e. The van der Waals surface area contributed by atoms with Gasteiger partial charge in [-0.05, 0) is 19.8 Å². The van der Waals surface area contributed by atoms with Gasteiger partial charge in [0.05, 0.1) is 10.7 Å². The first-order valence-corrected chi connectivity index (χ1v) is 10.3. The van der Waals surface area contributed by atoms with Crippen LogP contribution >= 0.6 is 23.1 Å². The number of piperidine rings is 1. The minimum Gasteiger partial charge on any atom is -0.342 e. The fraction of sp³-hybridized carbons (Fsp3) is 0.625. The van der Waals surface area contributed by atoms with Crippen molar-refractivity contribution in [3.8, 4) is 0 Å². The summed E-state index contributed by atoms with van der Waals surface area (Å²) in [6.07, 6.45) is 4.44. The van der Waals surface area contributed by atoms with Gasteiger partial charge in [0.25, 0.3) is 0 Å². The number of nitrogens with zero attached hydrogens (tertiary/aromatic N) is 5. The number of thiazole rings is 1. The smallest absolute Gasteiger partial charge is 0.223 e. The van der Waals surface area contributed by atoms with Crippen LogP contribution in [0.25, 0.3) is 0 Å². The van der Waals surface area contributed by atoms with E-state index in [0.717, 1.165) is 54.0 Å². The summed E-state index contributed by atoms with van der Waals surface area (Å²) in [6, 6.07) is 0. The molecule has 1 aliphatic rings. The van der Waals surface area contributed by atoms with Crippen molar-refractivity contribution in [3.05, 3.63) is 28.2 Å². The van der Waals surface area contributed by atoms with Gasteiger partial charge in [0.2, 0.25) is 5.91 Å². The van der Waals surface area contributed by atoms with Crippen LogP contribution in [0.5, 0.6) is 0 Å². The first kappa shape index (κ1) is 17.4. The topological polar surface area (TPSA) is 63.9 Å². The third kappa shape index (κ3) is 4.36. The molecule has 0 unspecified atom stereocenters. The lowest BCUT2D eigenvalue weighted by Gasteiger charge is -2.32. The molecule has 0 radical (unpaired) electrons.